The number of hydrogen-bond donors (Lipinski definition) is 0. The van der Waals surface area contributed by atoms with E-state index in [4.69, 9.17) is 14.1 Å². The van der Waals surface area contributed by atoms with Crippen molar-refractivity contribution in [1.82, 2.24) is 4.98 Å². The van der Waals surface area contributed by atoms with Crippen molar-refractivity contribution in [1.29, 1.82) is 0 Å². The van der Waals surface area contributed by atoms with Crippen molar-refractivity contribution in [2.45, 2.75) is 39.2 Å². The van der Waals surface area contributed by atoms with E-state index in [1.165, 1.54) is 6.07 Å². The average Bonchev–Trinajstić information content (AvgIpc) is 2.60. The second-order valence-electron chi connectivity index (χ2n) is 7.69. The fourth-order valence-electron chi connectivity index (χ4n) is 3.89. The Labute approximate surface area is 150 Å². The van der Waals surface area contributed by atoms with Gasteiger partial charge in [-0.15, -0.1) is 0 Å². The molecule has 5 rings (SSSR count). The highest BCUT2D eigenvalue weighted by Gasteiger charge is 2.31. The van der Waals surface area contributed by atoms with Gasteiger partial charge >= 0.3 is 0 Å². The van der Waals surface area contributed by atoms with Gasteiger partial charge in [0.2, 0.25) is 0 Å². The third-order valence-corrected chi connectivity index (χ3v) is 5.22. The Morgan fingerprint density at radius 1 is 1.12 bits per heavy atom. The lowest BCUT2D eigenvalue weighted by atomic mass is 9.91. The first-order valence-corrected chi connectivity index (χ1v) is 8.91. The van der Waals surface area contributed by atoms with E-state index in [0.29, 0.717) is 5.76 Å². The van der Waals surface area contributed by atoms with Gasteiger partial charge in [0.1, 0.15) is 22.6 Å². The summed E-state index contributed by atoms with van der Waals surface area (Å²) in [5, 5.41) is 2.07. The molecule has 0 atom stereocenters. The maximum atomic E-state index is 11.9. The first-order chi connectivity index (χ1) is 12.4. The van der Waals surface area contributed by atoms with Crippen molar-refractivity contribution in [3.05, 3.63) is 57.7 Å². The van der Waals surface area contributed by atoms with E-state index in [1.807, 2.05) is 19.1 Å². The average molecular weight is 345 g/mol. The minimum Gasteiger partial charge on any atom is -0.487 e. The van der Waals surface area contributed by atoms with Crippen LogP contribution in [0.25, 0.3) is 33.3 Å². The third kappa shape index (κ3) is 2.15. The van der Waals surface area contributed by atoms with Crippen LogP contribution in [0.3, 0.4) is 0 Å². The molecule has 4 heteroatoms. The molecule has 0 radical (unpaired) electrons. The Bertz CT molecular complexity index is 1220. The van der Waals surface area contributed by atoms with E-state index >= 15 is 0 Å². The van der Waals surface area contributed by atoms with Crippen LogP contribution < -0.4 is 10.2 Å². The molecule has 2 aromatic rings. The summed E-state index contributed by atoms with van der Waals surface area (Å²) in [7, 11) is 0. The van der Waals surface area contributed by atoms with Crippen molar-refractivity contribution in [2.24, 2.45) is 0 Å². The molecule has 0 bridgehead atoms. The SMILES string of the molecule is Cc1cc(=O)cc2oc3c4c(c5ccccc5c3nc1-2)OC(C)(C)CC4. The standard InChI is InChI=1S/C22H19NO3/c1-12-10-13(24)11-17-18(12)23-19-14-6-4-5-7-15(14)20-16(21(19)25-17)8-9-22(2,3)26-20/h4-7,10-11H,8-9H2,1-3H3. The zero-order valence-electron chi connectivity index (χ0n) is 15.1. The summed E-state index contributed by atoms with van der Waals surface area (Å²) >= 11 is 0. The van der Waals surface area contributed by atoms with Crippen LogP contribution in [0.1, 0.15) is 31.4 Å². The summed E-state index contributed by atoms with van der Waals surface area (Å²) in [6, 6.07) is 11.3. The molecule has 2 aromatic carbocycles. The number of aromatic nitrogens is 1. The molecule has 26 heavy (non-hydrogen) atoms. The Kier molecular flexibility index (Phi) is 3.00. The topological polar surface area (TPSA) is 52.3 Å². The maximum absolute atomic E-state index is 11.9. The fourth-order valence-corrected chi connectivity index (χ4v) is 3.89. The van der Waals surface area contributed by atoms with Crippen molar-refractivity contribution in [2.75, 3.05) is 0 Å². The van der Waals surface area contributed by atoms with Crippen LogP contribution in [-0.4, -0.2) is 10.6 Å². The largest absolute Gasteiger partial charge is 0.487 e. The number of aryl methyl sites for hydroxylation is 2. The van der Waals surface area contributed by atoms with E-state index in [0.717, 1.165) is 57.3 Å². The molecule has 0 amide bonds. The molecule has 0 saturated carbocycles. The predicted molar refractivity (Wildman–Crippen MR) is 102 cm³/mol. The fraction of sp³-hybridized carbons (Fsp3) is 0.273. The van der Waals surface area contributed by atoms with Gasteiger partial charge in [-0.1, -0.05) is 24.3 Å². The lowest BCUT2D eigenvalue weighted by molar-refractivity contribution is 0.0870. The quantitative estimate of drug-likeness (QED) is 0.337. The van der Waals surface area contributed by atoms with Crippen LogP contribution >= 0.6 is 0 Å². The molecule has 0 unspecified atom stereocenters. The number of benzene rings is 3. The lowest BCUT2D eigenvalue weighted by Crippen LogP contribution is -2.32. The van der Waals surface area contributed by atoms with Gasteiger partial charge < -0.3 is 9.15 Å². The Hall–Kier alpha value is -2.88. The molecule has 0 aromatic heterocycles. The number of hydrogen-bond acceptors (Lipinski definition) is 4. The molecule has 0 saturated heterocycles. The van der Waals surface area contributed by atoms with Gasteiger partial charge in [0.25, 0.3) is 0 Å². The molecule has 2 aliphatic heterocycles. The number of ether oxygens (including phenoxy) is 1. The van der Waals surface area contributed by atoms with Gasteiger partial charge in [0.15, 0.2) is 16.8 Å². The second-order valence-corrected chi connectivity index (χ2v) is 7.69. The molecular formula is C22H19NO3. The summed E-state index contributed by atoms with van der Waals surface area (Å²) in [6.45, 7) is 6.11. The predicted octanol–water partition coefficient (Wildman–Crippen LogP) is 4.86. The molecule has 130 valence electrons. The summed E-state index contributed by atoms with van der Waals surface area (Å²) in [5.74, 6) is 1.41. The van der Waals surface area contributed by atoms with Gasteiger partial charge in [-0.3, -0.25) is 4.79 Å². The molecule has 2 heterocycles. The maximum Gasteiger partial charge on any atom is 0.182 e. The van der Waals surface area contributed by atoms with E-state index < -0.39 is 0 Å². The van der Waals surface area contributed by atoms with E-state index in [9.17, 15) is 4.79 Å². The van der Waals surface area contributed by atoms with E-state index in [-0.39, 0.29) is 11.0 Å². The van der Waals surface area contributed by atoms with Gasteiger partial charge in [0, 0.05) is 22.4 Å². The molecule has 0 fully saturated rings. The molecule has 0 N–H and O–H groups in total. The summed E-state index contributed by atoms with van der Waals surface area (Å²) < 4.78 is 12.6. The molecule has 0 spiro atoms. The highest BCUT2D eigenvalue weighted by Crippen LogP contribution is 2.44. The first-order valence-electron chi connectivity index (χ1n) is 8.91. The molecule has 3 aliphatic rings. The molecule has 4 nitrogen and oxygen atoms in total. The lowest BCUT2D eigenvalue weighted by Gasteiger charge is -2.33. The van der Waals surface area contributed by atoms with Crippen LogP contribution in [0.15, 0.2) is 45.6 Å². The van der Waals surface area contributed by atoms with Crippen LogP contribution in [0.4, 0.5) is 0 Å². The number of nitrogens with zero attached hydrogens (tertiary/aromatic N) is 1. The zero-order valence-corrected chi connectivity index (χ0v) is 15.1. The Morgan fingerprint density at radius 3 is 2.69 bits per heavy atom. The van der Waals surface area contributed by atoms with Crippen molar-refractivity contribution in [3.8, 4) is 17.2 Å². The molecular weight excluding hydrogens is 326 g/mol. The monoisotopic (exact) mass is 345 g/mol. The van der Waals surface area contributed by atoms with Gasteiger partial charge in [-0.05, 0) is 45.2 Å². The third-order valence-electron chi connectivity index (χ3n) is 5.22. The Balaban J connectivity index is 2.00. The van der Waals surface area contributed by atoms with Crippen LogP contribution in [-0.2, 0) is 6.42 Å². The van der Waals surface area contributed by atoms with Crippen LogP contribution in [0, 0.1) is 6.92 Å². The van der Waals surface area contributed by atoms with Crippen molar-refractivity contribution >= 4 is 21.9 Å². The van der Waals surface area contributed by atoms with Gasteiger partial charge in [-0.2, -0.15) is 0 Å². The van der Waals surface area contributed by atoms with Crippen LogP contribution in [0.5, 0.6) is 5.75 Å². The molecule has 1 aliphatic carbocycles. The van der Waals surface area contributed by atoms with E-state index in [2.05, 4.69) is 26.0 Å². The summed E-state index contributed by atoms with van der Waals surface area (Å²) in [4.78, 5) is 16.8. The minimum absolute atomic E-state index is 0.0630. The number of rotatable bonds is 0. The number of fused-ring (bicyclic) bond motifs is 7. The minimum atomic E-state index is -0.216. The summed E-state index contributed by atoms with van der Waals surface area (Å²) in [6.07, 6.45) is 1.76. The van der Waals surface area contributed by atoms with Crippen molar-refractivity contribution < 1.29 is 9.15 Å². The summed E-state index contributed by atoms with van der Waals surface area (Å²) in [5.41, 5.74) is 3.89. The smallest absolute Gasteiger partial charge is 0.182 e. The van der Waals surface area contributed by atoms with Crippen molar-refractivity contribution in [3.63, 3.8) is 0 Å². The highest BCUT2D eigenvalue weighted by atomic mass is 16.5. The highest BCUT2D eigenvalue weighted by molar-refractivity contribution is 6.09. The second kappa shape index (κ2) is 5.07. The Morgan fingerprint density at radius 2 is 1.88 bits per heavy atom. The van der Waals surface area contributed by atoms with Crippen LogP contribution in [0.2, 0.25) is 0 Å². The first kappa shape index (κ1) is 15.4. The normalized spacial score (nSPS) is 16.0. The van der Waals surface area contributed by atoms with Gasteiger partial charge in [-0.25, -0.2) is 4.98 Å². The van der Waals surface area contributed by atoms with E-state index in [1.54, 1.807) is 6.07 Å². The zero-order chi connectivity index (χ0) is 18.1. The van der Waals surface area contributed by atoms with Gasteiger partial charge in [0.05, 0.1) is 0 Å².